The fourth-order valence-corrected chi connectivity index (χ4v) is 2.69. The monoisotopic (exact) mass is 434 g/mol. The van der Waals surface area contributed by atoms with Gasteiger partial charge in [-0.2, -0.15) is 0 Å². The van der Waals surface area contributed by atoms with Gasteiger partial charge in [0.25, 0.3) is 18.2 Å². The van der Waals surface area contributed by atoms with Crippen molar-refractivity contribution in [1.29, 1.82) is 0 Å². The van der Waals surface area contributed by atoms with E-state index in [2.05, 4.69) is 23.7 Å². The number of rotatable bonds is 7. The molecule has 4 atom stereocenters. The summed E-state index contributed by atoms with van der Waals surface area (Å²) in [5.74, 6) is 7.83. The van der Waals surface area contributed by atoms with E-state index in [-0.39, 0.29) is 23.8 Å². The van der Waals surface area contributed by atoms with Crippen molar-refractivity contribution in [3.05, 3.63) is 35.4 Å². The first-order chi connectivity index (χ1) is 14.6. The number of aliphatic hydroxyl groups is 1. The van der Waals surface area contributed by atoms with E-state index >= 15 is 0 Å². The Labute approximate surface area is 176 Å². The molecule has 0 spiro atoms. The topological polar surface area (TPSA) is 136 Å². The summed E-state index contributed by atoms with van der Waals surface area (Å²) in [6.07, 6.45) is -2.55. The third-order valence-corrected chi connectivity index (χ3v) is 4.71. The third-order valence-electron chi connectivity index (χ3n) is 4.71. The maximum atomic E-state index is 13.0. The minimum absolute atomic E-state index is 0.00642. The van der Waals surface area contributed by atoms with Gasteiger partial charge in [-0.3, -0.25) is 19.6 Å². The molecular weight excluding hydrogens is 414 g/mol. The van der Waals surface area contributed by atoms with Crippen molar-refractivity contribution in [2.75, 3.05) is 0 Å². The second kappa shape index (κ2) is 10.0. The summed E-state index contributed by atoms with van der Waals surface area (Å²) < 4.78 is 26.1. The van der Waals surface area contributed by atoms with Gasteiger partial charge in [0.15, 0.2) is 5.60 Å². The average Bonchev–Trinajstić information content (AvgIpc) is 3.45. The Morgan fingerprint density at radius 1 is 1.23 bits per heavy atom. The molecule has 3 unspecified atom stereocenters. The van der Waals surface area contributed by atoms with Gasteiger partial charge in [-0.05, 0) is 55.4 Å². The van der Waals surface area contributed by atoms with Crippen LogP contribution in [0.15, 0.2) is 24.3 Å². The van der Waals surface area contributed by atoms with Crippen LogP contribution < -0.4 is 10.8 Å². The fraction of sp³-hybridized carbons (Fsp3) is 0.381. The Bertz CT molecular complexity index is 970. The number of hydroxylamine groups is 1. The van der Waals surface area contributed by atoms with Crippen LogP contribution in [0.3, 0.4) is 0 Å². The van der Waals surface area contributed by atoms with Crippen molar-refractivity contribution < 1.29 is 38.6 Å². The summed E-state index contributed by atoms with van der Waals surface area (Å²) in [6, 6.07) is 3.51. The van der Waals surface area contributed by atoms with Gasteiger partial charge in [-0.25, -0.2) is 14.3 Å². The number of carbonyl (C=O) groups excluding carboxylic acids is 2. The Morgan fingerprint density at radius 3 is 2.42 bits per heavy atom. The van der Waals surface area contributed by atoms with E-state index in [1.165, 1.54) is 24.3 Å². The van der Waals surface area contributed by atoms with Gasteiger partial charge >= 0.3 is 5.97 Å². The molecule has 1 aromatic carbocycles. The molecule has 0 aromatic heterocycles. The molecule has 0 radical (unpaired) electrons. The number of nitrogens with one attached hydrogen (secondary N) is 2. The summed E-state index contributed by atoms with van der Waals surface area (Å²) in [4.78, 5) is 34.5. The number of hydrogen-bond acceptors (Lipinski definition) is 5. The van der Waals surface area contributed by atoms with E-state index in [0.717, 1.165) is 11.9 Å². The van der Waals surface area contributed by atoms with Gasteiger partial charge in [-0.1, -0.05) is 11.8 Å². The quantitative estimate of drug-likeness (QED) is 0.244. The average molecular weight is 434 g/mol. The Hall–Kier alpha value is -3.47. The molecule has 0 aliphatic heterocycles. The number of halogens is 2. The zero-order valence-electron chi connectivity index (χ0n) is 16.4. The molecule has 0 bridgehead atoms. The lowest BCUT2D eigenvalue weighted by atomic mass is 9.95. The normalized spacial score (nSPS) is 19.5. The number of carbonyl (C=O) groups is 3. The zero-order chi connectivity index (χ0) is 23.2. The van der Waals surface area contributed by atoms with Crippen LogP contribution in [0.5, 0.6) is 0 Å². The van der Waals surface area contributed by atoms with Crippen LogP contribution in [0.25, 0.3) is 0 Å². The number of alkyl halides is 2. The van der Waals surface area contributed by atoms with Gasteiger partial charge in [0, 0.05) is 23.5 Å². The molecule has 10 heteroatoms. The number of hydrogen-bond donors (Lipinski definition) is 5. The highest BCUT2D eigenvalue weighted by atomic mass is 19.3. The van der Waals surface area contributed by atoms with Crippen LogP contribution >= 0.6 is 0 Å². The Balaban J connectivity index is 2.01. The molecule has 1 aliphatic rings. The maximum Gasteiger partial charge on any atom is 0.303 e. The van der Waals surface area contributed by atoms with E-state index in [4.69, 9.17) is 10.3 Å². The van der Waals surface area contributed by atoms with E-state index in [0.29, 0.717) is 12.5 Å². The standard InChI is InChI=1S/C21H20F2N2O6/c1-21(30,20(22)23)17(19(29)25-31)24-18(28)13-8-6-12(7-9-13)4-2-3-5-14-10-15(14)11-16(26)27/h6-9,14-15,17,20,30-31H,10-11H2,1H3,(H,24,28)(H,25,29)(H,26,27)/t14?,15?,17-,21?/m1/s1. The minimum atomic E-state index is -3.37. The lowest BCUT2D eigenvalue weighted by Gasteiger charge is -2.30. The fourth-order valence-electron chi connectivity index (χ4n) is 2.69. The molecule has 1 fully saturated rings. The van der Waals surface area contributed by atoms with Crippen LogP contribution in [0.4, 0.5) is 8.78 Å². The SMILES string of the molecule is CC(O)(C(F)F)[C@H](NC(=O)c1ccc(C#CC#CC2CC2CC(=O)O)cc1)C(=O)NO. The van der Waals surface area contributed by atoms with Crippen LogP contribution in [0.1, 0.15) is 35.7 Å². The molecule has 2 rings (SSSR count). The van der Waals surface area contributed by atoms with Crippen LogP contribution in [0, 0.1) is 35.5 Å². The number of carboxylic acids is 1. The van der Waals surface area contributed by atoms with Crippen molar-refractivity contribution >= 4 is 17.8 Å². The molecule has 164 valence electrons. The van der Waals surface area contributed by atoms with Crippen molar-refractivity contribution in [3.63, 3.8) is 0 Å². The molecule has 2 amide bonds. The van der Waals surface area contributed by atoms with E-state index < -0.39 is 35.9 Å². The molecule has 1 aliphatic carbocycles. The number of benzene rings is 1. The third kappa shape index (κ3) is 6.51. The van der Waals surface area contributed by atoms with Crippen LogP contribution in [-0.2, 0) is 9.59 Å². The number of amides is 2. The lowest BCUT2D eigenvalue weighted by Crippen LogP contribution is -2.61. The highest BCUT2D eigenvalue weighted by molar-refractivity contribution is 5.97. The first-order valence-corrected chi connectivity index (χ1v) is 9.15. The molecule has 0 saturated heterocycles. The molecule has 5 N–H and O–H groups in total. The minimum Gasteiger partial charge on any atom is -0.481 e. The second-order valence-electron chi connectivity index (χ2n) is 7.21. The van der Waals surface area contributed by atoms with Crippen molar-refractivity contribution in [3.8, 4) is 23.7 Å². The second-order valence-corrected chi connectivity index (χ2v) is 7.21. The van der Waals surface area contributed by atoms with E-state index in [9.17, 15) is 28.3 Å². The summed E-state index contributed by atoms with van der Waals surface area (Å²) >= 11 is 0. The maximum absolute atomic E-state index is 13.0. The largest absolute Gasteiger partial charge is 0.481 e. The van der Waals surface area contributed by atoms with Gasteiger partial charge in [0.2, 0.25) is 0 Å². The molecule has 0 heterocycles. The number of aliphatic carboxylic acids is 1. The smallest absolute Gasteiger partial charge is 0.303 e. The van der Waals surface area contributed by atoms with Crippen LogP contribution in [0.2, 0.25) is 0 Å². The first-order valence-electron chi connectivity index (χ1n) is 9.15. The molecule has 1 saturated carbocycles. The zero-order valence-corrected chi connectivity index (χ0v) is 16.4. The molecule has 31 heavy (non-hydrogen) atoms. The molecular formula is C21H20F2N2O6. The van der Waals surface area contributed by atoms with E-state index in [1.807, 2.05) is 5.32 Å². The molecule has 8 nitrogen and oxygen atoms in total. The Morgan fingerprint density at radius 2 is 1.87 bits per heavy atom. The number of carboxylic acid groups (broad SMARTS) is 1. The summed E-state index contributed by atoms with van der Waals surface area (Å²) in [5.41, 5.74) is -1.27. The lowest BCUT2D eigenvalue weighted by molar-refractivity contribution is -0.149. The van der Waals surface area contributed by atoms with Crippen molar-refractivity contribution in [2.24, 2.45) is 11.8 Å². The van der Waals surface area contributed by atoms with Crippen LogP contribution in [-0.4, -0.2) is 51.3 Å². The van der Waals surface area contributed by atoms with Gasteiger partial charge in [0.1, 0.15) is 6.04 Å². The van der Waals surface area contributed by atoms with Gasteiger partial charge < -0.3 is 15.5 Å². The van der Waals surface area contributed by atoms with Crippen molar-refractivity contribution in [1.82, 2.24) is 10.8 Å². The van der Waals surface area contributed by atoms with Gasteiger partial charge in [0.05, 0.1) is 0 Å². The molecule has 1 aromatic rings. The summed E-state index contributed by atoms with van der Waals surface area (Å²) in [6.45, 7) is 0.656. The van der Waals surface area contributed by atoms with E-state index in [1.54, 1.807) is 0 Å². The highest BCUT2D eigenvalue weighted by Crippen LogP contribution is 2.40. The highest BCUT2D eigenvalue weighted by Gasteiger charge is 2.46. The first kappa shape index (κ1) is 23.8. The summed E-state index contributed by atoms with van der Waals surface area (Å²) in [5, 5.41) is 29.2. The Kier molecular flexibility index (Phi) is 7.70. The van der Waals surface area contributed by atoms with Gasteiger partial charge in [-0.15, -0.1) is 0 Å². The predicted molar refractivity (Wildman–Crippen MR) is 103 cm³/mol. The van der Waals surface area contributed by atoms with Crippen molar-refractivity contribution in [2.45, 2.75) is 37.8 Å². The predicted octanol–water partition coefficient (Wildman–Crippen LogP) is 0.772. The summed E-state index contributed by atoms with van der Waals surface area (Å²) in [7, 11) is 0.